The summed E-state index contributed by atoms with van der Waals surface area (Å²) in [7, 11) is 0. The van der Waals surface area contributed by atoms with E-state index >= 15 is 0 Å². The summed E-state index contributed by atoms with van der Waals surface area (Å²) in [6, 6.07) is 0. The molecular formula is C14H23N3OS2. The molecule has 1 aromatic heterocycles. The summed E-state index contributed by atoms with van der Waals surface area (Å²) in [5.74, 6) is 1.40. The number of amides is 1. The molecule has 1 aliphatic heterocycles. The lowest BCUT2D eigenvalue weighted by atomic mass is 10.2. The van der Waals surface area contributed by atoms with Crippen molar-refractivity contribution in [2.45, 2.75) is 20.3 Å². The third kappa shape index (κ3) is 4.20. The van der Waals surface area contributed by atoms with Crippen LogP contribution in [0.15, 0.2) is 0 Å². The smallest absolute Gasteiger partial charge is 0.228 e. The summed E-state index contributed by atoms with van der Waals surface area (Å²) >= 11 is 3.55. The molecule has 0 unspecified atom stereocenters. The zero-order chi connectivity index (χ0) is 14.5. The van der Waals surface area contributed by atoms with Gasteiger partial charge in [-0.25, -0.2) is 4.98 Å². The lowest BCUT2D eigenvalue weighted by Crippen LogP contribution is -2.49. The Balaban J connectivity index is 1.81. The van der Waals surface area contributed by atoms with Gasteiger partial charge in [-0.05, 0) is 20.1 Å². The highest BCUT2D eigenvalue weighted by molar-refractivity contribution is 7.98. The van der Waals surface area contributed by atoms with Gasteiger partial charge >= 0.3 is 0 Å². The predicted molar refractivity (Wildman–Crippen MR) is 86.7 cm³/mol. The molecule has 1 amide bonds. The first-order valence-corrected chi connectivity index (χ1v) is 9.23. The number of rotatable bonds is 5. The summed E-state index contributed by atoms with van der Waals surface area (Å²) in [5.41, 5.74) is 0.960. The quantitative estimate of drug-likeness (QED) is 0.831. The third-order valence-electron chi connectivity index (χ3n) is 3.65. The van der Waals surface area contributed by atoms with Crippen LogP contribution in [0.3, 0.4) is 0 Å². The topological polar surface area (TPSA) is 36.4 Å². The van der Waals surface area contributed by atoms with Gasteiger partial charge in [-0.1, -0.05) is 0 Å². The van der Waals surface area contributed by atoms with Gasteiger partial charge in [0.15, 0.2) is 0 Å². The fourth-order valence-corrected chi connectivity index (χ4v) is 3.71. The average molecular weight is 313 g/mol. The number of thiazole rings is 1. The third-order valence-corrected chi connectivity index (χ3v) is 5.17. The molecule has 1 aromatic rings. The van der Waals surface area contributed by atoms with Crippen LogP contribution in [0.5, 0.6) is 0 Å². The first kappa shape index (κ1) is 15.8. The zero-order valence-corrected chi connectivity index (χ0v) is 14.1. The Morgan fingerprint density at radius 3 is 2.55 bits per heavy atom. The second kappa shape index (κ2) is 7.43. The van der Waals surface area contributed by atoms with Gasteiger partial charge in [-0.15, -0.1) is 11.3 Å². The predicted octanol–water partition coefficient (Wildman–Crippen LogP) is 1.81. The SMILES string of the molecule is CSCCN1CCN(C(=O)Cc2nc(C)sc2C)CC1. The van der Waals surface area contributed by atoms with E-state index in [0.717, 1.165) is 43.4 Å². The molecule has 1 aliphatic rings. The zero-order valence-electron chi connectivity index (χ0n) is 12.5. The number of aromatic nitrogens is 1. The van der Waals surface area contributed by atoms with Crippen molar-refractivity contribution in [1.29, 1.82) is 0 Å². The van der Waals surface area contributed by atoms with E-state index in [1.165, 1.54) is 10.6 Å². The highest BCUT2D eigenvalue weighted by Crippen LogP contribution is 2.17. The lowest BCUT2D eigenvalue weighted by molar-refractivity contribution is -0.132. The molecule has 0 N–H and O–H groups in total. The molecule has 0 aromatic carbocycles. The van der Waals surface area contributed by atoms with Crippen molar-refractivity contribution < 1.29 is 4.79 Å². The van der Waals surface area contributed by atoms with E-state index in [-0.39, 0.29) is 5.91 Å². The summed E-state index contributed by atoms with van der Waals surface area (Å²) in [4.78, 5) is 22.4. The van der Waals surface area contributed by atoms with Gasteiger partial charge in [-0.3, -0.25) is 9.69 Å². The van der Waals surface area contributed by atoms with Crippen molar-refractivity contribution in [3.63, 3.8) is 0 Å². The molecule has 0 spiro atoms. The Morgan fingerprint density at radius 1 is 1.30 bits per heavy atom. The Bertz CT molecular complexity index is 453. The number of hydrogen-bond donors (Lipinski definition) is 0. The van der Waals surface area contributed by atoms with Gasteiger partial charge in [0, 0.05) is 43.4 Å². The maximum absolute atomic E-state index is 12.3. The van der Waals surface area contributed by atoms with E-state index in [0.29, 0.717) is 6.42 Å². The highest BCUT2D eigenvalue weighted by atomic mass is 32.2. The molecule has 4 nitrogen and oxygen atoms in total. The van der Waals surface area contributed by atoms with Gasteiger partial charge < -0.3 is 4.90 Å². The summed E-state index contributed by atoms with van der Waals surface area (Å²) in [6.45, 7) is 8.89. The fourth-order valence-electron chi connectivity index (χ4n) is 2.43. The minimum atomic E-state index is 0.225. The molecule has 0 atom stereocenters. The largest absolute Gasteiger partial charge is 0.340 e. The van der Waals surface area contributed by atoms with Crippen molar-refractivity contribution in [1.82, 2.24) is 14.8 Å². The number of thioether (sulfide) groups is 1. The van der Waals surface area contributed by atoms with E-state index in [2.05, 4.69) is 16.1 Å². The van der Waals surface area contributed by atoms with Crippen molar-refractivity contribution in [2.24, 2.45) is 0 Å². The number of hydrogen-bond acceptors (Lipinski definition) is 5. The van der Waals surface area contributed by atoms with Gasteiger partial charge in [0.2, 0.25) is 5.91 Å². The van der Waals surface area contributed by atoms with Crippen molar-refractivity contribution >= 4 is 29.0 Å². The Hall–Kier alpha value is -0.590. The average Bonchev–Trinajstić information content (AvgIpc) is 2.75. The molecule has 1 fully saturated rings. The number of aryl methyl sites for hydroxylation is 2. The molecule has 0 saturated carbocycles. The maximum Gasteiger partial charge on any atom is 0.228 e. The standard InChI is InChI=1S/C14H23N3OS2/c1-11-13(15-12(2)20-11)10-14(18)17-6-4-16(5-7-17)8-9-19-3/h4-10H2,1-3H3. The van der Waals surface area contributed by atoms with Crippen LogP contribution in [0.25, 0.3) is 0 Å². The van der Waals surface area contributed by atoms with E-state index in [1.807, 2.05) is 30.5 Å². The van der Waals surface area contributed by atoms with Gasteiger partial charge in [0.1, 0.15) is 0 Å². The van der Waals surface area contributed by atoms with Crippen molar-refractivity contribution in [3.05, 3.63) is 15.6 Å². The molecular weight excluding hydrogens is 290 g/mol. The molecule has 112 valence electrons. The number of nitrogens with zero attached hydrogens (tertiary/aromatic N) is 3. The van der Waals surface area contributed by atoms with E-state index in [1.54, 1.807) is 11.3 Å². The van der Waals surface area contributed by atoms with E-state index in [4.69, 9.17) is 0 Å². The summed E-state index contributed by atoms with van der Waals surface area (Å²) < 4.78 is 0. The van der Waals surface area contributed by atoms with Crippen LogP contribution in [0.1, 0.15) is 15.6 Å². The van der Waals surface area contributed by atoms with Crippen LogP contribution in [-0.4, -0.2) is 65.4 Å². The fraction of sp³-hybridized carbons (Fsp3) is 0.714. The van der Waals surface area contributed by atoms with Gasteiger partial charge in [0.05, 0.1) is 17.1 Å². The van der Waals surface area contributed by atoms with Crippen LogP contribution in [0.4, 0.5) is 0 Å². The first-order valence-electron chi connectivity index (χ1n) is 7.02. The Kier molecular flexibility index (Phi) is 5.86. The van der Waals surface area contributed by atoms with E-state index in [9.17, 15) is 4.79 Å². The van der Waals surface area contributed by atoms with Crippen LogP contribution in [-0.2, 0) is 11.2 Å². The van der Waals surface area contributed by atoms with Crippen molar-refractivity contribution in [3.8, 4) is 0 Å². The van der Waals surface area contributed by atoms with Crippen LogP contribution in [0, 0.1) is 13.8 Å². The van der Waals surface area contributed by atoms with Crippen LogP contribution in [0.2, 0.25) is 0 Å². The van der Waals surface area contributed by atoms with E-state index < -0.39 is 0 Å². The minimum Gasteiger partial charge on any atom is -0.340 e. The molecule has 6 heteroatoms. The normalized spacial score (nSPS) is 16.6. The number of carbonyl (C=O) groups excluding carboxylic acids is 1. The molecule has 1 saturated heterocycles. The molecule has 20 heavy (non-hydrogen) atoms. The van der Waals surface area contributed by atoms with Gasteiger partial charge in [-0.2, -0.15) is 11.8 Å². The monoisotopic (exact) mass is 313 g/mol. The first-order chi connectivity index (χ1) is 9.60. The second-order valence-electron chi connectivity index (χ2n) is 5.13. The highest BCUT2D eigenvalue weighted by Gasteiger charge is 2.22. The molecule has 2 rings (SSSR count). The van der Waals surface area contributed by atoms with Crippen LogP contribution < -0.4 is 0 Å². The molecule has 0 bridgehead atoms. The Morgan fingerprint density at radius 2 is 2.00 bits per heavy atom. The number of carbonyl (C=O) groups is 1. The Labute approximate surface area is 129 Å². The molecule has 2 heterocycles. The molecule has 0 aliphatic carbocycles. The summed E-state index contributed by atoms with van der Waals surface area (Å²) in [6.07, 6.45) is 2.60. The minimum absolute atomic E-state index is 0.225. The summed E-state index contributed by atoms with van der Waals surface area (Å²) in [5, 5.41) is 1.05. The molecule has 0 radical (unpaired) electrons. The van der Waals surface area contributed by atoms with Gasteiger partial charge in [0.25, 0.3) is 0 Å². The van der Waals surface area contributed by atoms with Crippen LogP contribution >= 0.6 is 23.1 Å². The maximum atomic E-state index is 12.3. The van der Waals surface area contributed by atoms with Crippen molar-refractivity contribution in [2.75, 3.05) is 44.7 Å². The lowest BCUT2D eigenvalue weighted by Gasteiger charge is -2.34. The second-order valence-corrected chi connectivity index (χ2v) is 7.52. The number of piperazine rings is 1.